The Morgan fingerprint density at radius 1 is 1.24 bits per heavy atom. The summed E-state index contributed by atoms with van der Waals surface area (Å²) in [4.78, 5) is 7.61. The number of fused-ring (bicyclic) bond motifs is 1. The Morgan fingerprint density at radius 2 is 2.05 bits per heavy atom. The molecule has 2 unspecified atom stereocenters. The smallest absolute Gasteiger partial charge is 0.129 e. The summed E-state index contributed by atoms with van der Waals surface area (Å²) in [7, 11) is 2.02. The molecule has 0 bridgehead atoms. The van der Waals surface area contributed by atoms with E-state index in [0.29, 0.717) is 5.92 Å². The van der Waals surface area contributed by atoms with Crippen LogP contribution in [0.4, 0.5) is 5.82 Å². The fourth-order valence-electron chi connectivity index (χ4n) is 4.08. The Hall–Kier alpha value is -1.09. The van der Waals surface area contributed by atoms with E-state index in [4.69, 9.17) is 4.98 Å². The molecule has 1 saturated heterocycles. The molecule has 2 fully saturated rings. The van der Waals surface area contributed by atoms with Gasteiger partial charge in [0.25, 0.3) is 0 Å². The van der Waals surface area contributed by atoms with Crippen molar-refractivity contribution in [3.05, 3.63) is 23.4 Å². The van der Waals surface area contributed by atoms with Crippen LogP contribution in [0.2, 0.25) is 0 Å². The van der Waals surface area contributed by atoms with Crippen LogP contribution in [0.3, 0.4) is 0 Å². The number of piperidine rings is 1. The van der Waals surface area contributed by atoms with Crippen molar-refractivity contribution in [1.82, 2.24) is 10.3 Å². The minimum Gasteiger partial charge on any atom is -0.353 e. The Bertz CT molecular complexity index is 483. The molecule has 2 heterocycles. The lowest BCUT2D eigenvalue weighted by Crippen LogP contribution is -2.43. The van der Waals surface area contributed by atoms with Crippen molar-refractivity contribution in [2.45, 2.75) is 64.5 Å². The number of rotatable bonds is 4. The minimum atomic E-state index is 0.490. The average Bonchev–Trinajstić information content (AvgIpc) is 2.95. The maximum Gasteiger partial charge on any atom is 0.129 e. The Labute approximate surface area is 129 Å². The number of pyridine rings is 1. The van der Waals surface area contributed by atoms with Crippen LogP contribution in [0, 0.1) is 5.92 Å². The van der Waals surface area contributed by atoms with Crippen molar-refractivity contribution >= 4 is 5.82 Å². The van der Waals surface area contributed by atoms with Crippen LogP contribution in [-0.4, -0.2) is 24.6 Å². The zero-order valence-corrected chi connectivity index (χ0v) is 13.7. The topological polar surface area (TPSA) is 28.2 Å². The summed E-state index contributed by atoms with van der Waals surface area (Å²) in [6.45, 7) is 6.60. The van der Waals surface area contributed by atoms with Gasteiger partial charge in [0.1, 0.15) is 5.82 Å². The summed E-state index contributed by atoms with van der Waals surface area (Å²) >= 11 is 0. The van der Waals surface area contributed by atoms with Crippen molar-refractivity contribution in [1.29, 1.82) is 0 Å². The lowest BCUT2D eigenvalue weighted by molar-refractivity contribution is 0.360. The van der Waals surface area contributed by atoms with Crippen molar-refractivity contribution < 1.29 is 0 Å². The van der Waals surface area contributed by atoms with E-state index in [0.717, 1.165) is 18.5 Å². The molecule has 0 amide bonds. The van der Waals surface area contributed by atoms with E-state index in [1.54, 1.807) is 0 Å². The second-order valence-electron chi connectivity index (χ2n) is 7.04. The third kappa shape index (κ3) is 3.08. The number of anilines is 1. The monoisotopic (exact) mass is 287 g/mol. The van der Waals surface area contributed by atoms with Gasteiger partial charge in [-0.1, -0.05) is 20.3 Å². The van der Waals surface area contributed by atoms with Gasteiger partial charge in [-0.05, 0) is 62.3 Å². The Balaban J connectivity index is 1.92. The zero-order valence-electron chi connectivity index (χ0n) is 13.7. The van der Waals surface area contributed by atoms with E-state index in [2.05, 4.69) is 36.2 Å². The molecular weight excluding hydrogens is 258 g/mol. The van der Waals surface area contributed by atoms with Crippen LogP contribution >= 0.6 is 0 Å². The van der Waals surface area contributed by atoms with Crippen molar-refractivity contribution in [3.8, 4) is 0 Å². The Kier molecular flexibility index (Phi) is 4.48. The molecule has 1 aliphatic carbocycles. The van der Waals surface area contributed by atoms with Crippen LogP contribution in [0.25, 0.3) is 0 Å². The van der Waals surface area contributed by atoms with Gasteiger partial charge in [0.2, 0.25) is 0 Å². The van der Waals surface area contributed by atoms with Crippen molar-refractivity contribution in [3.63, 3.8) is 0 Å². The van der Waals surface area contributed by atoms with Gasteiger partial charge in [0.05, 0.1) is 0 Å². The first-order valence-corrected chi connectivity index (χ1v) is 8.61. The summed E-state index contributed by atoms with van der Waals surface area (Å²) in [6, 6.07) is 5.32. The first-order valence-electron chi connectivity index (χ1n) is 8.61. The molecule has 1 aromatic rings. The van der Waals surface area contributed by atoms with Crippen LogP contribution in [0.1, 0.15) is 63.1 Å². The molecule has 1 saturated carbocycles. The third-order valence-corrected chi connectivity index (χ3v) is 5.15. The van der Waals surface area contributed by atoms with E-state index < -0.39 is 0 Å². The molecule has 1 aromatic heterocycles. The zero-order chi connectivity index (χ0) is 14.8. The molecule has 1 aliphatic heterocycles. The largest absolute Gasteiger partial charge is 0.353 e. The molecule has 1 N–H and O–H groups in total. The van der Waals surface area contributed by atoms with Gasteiger partial charge in [-0.25, -0.2) is 4.98 Å². The first-order chi connectivity index (χ1) is 10.2. The molecule has 21 heavy (non-hydrogen) atoms. The van der Waals surface area contributed by atoms with E-state index >= 15 is 0 Å². The van der Waals surface area contributed by atoms with Gasteiger partial charge in [-0.15, -0.1) is 0 Å². The number of aromatic nitrogens is 1. The highest BCUT2D eigenvalue weighted by atomic mass is 15.2. The highest BCUT2D eigenvalue weighted by Crippen LogP contribution is 2.39. The minimum absolute atomic E-state index is 0.490. The lowest BCUT2D eigenvalue weighted by atomic mass is 9.92. The summed E-state index contributed by atoms with van der Waals surface area (Å²) in [5, 5.41) is 3.28. The maximum absolute atomic E-state index is 5.00. The van der Waals surface area contributed by atoms with Gasteiger partial charge in [-0.2, -0.15) is 0 Å². The Morgan fingerprint density at radius 3 is 2.81 bits per heavy atom. The number of hydrogen-bond acceptors (Lipinski definition) is 3. The van der Waals surface area contributed by atoms with Gasteiger partial charge < -0.3 is 10.2 Å². The molecule has 0 aromatic carbocycles. The fourth-order valence-corrected chi connectivity index (χ4v) is 4.08. The number of nitrogens with one attached hydrogen (secondary N) is 1. The van der Waals surface area contributed by atoms with Crippen molar-refractivity contribution in [2.75, 3.05) is 18.5 Å². The quantitative estimate of drug-likeness (QED) is 0.915. The number of hydrogen-bond donors (Lipinski definition) is 1. The maximum atomic E-state index is 5.00. The van der Waals surface area contributed by atoms with E-state index in [1.165, 1.54) is 55.7 Å². The van der Waals surface area contributed by atoms with Gasteiger partial charge in [0.15, 0.2) is 0 Å². The van der Waals surface area contributed by atoms with Crippen LogP contribution in [0.5, 0.6) is 0 Å². The first kappa shape index (κ1) is 14.8. The molecule has 2 aliphatic rings. The van der Waals surface area contributed by atoms with E-state index in [1.807, 2.05) is 7.05 Å². The van der Waals surface area contributed by atoms with Crippen LogP contribution < -0.4 is 10.2 Å². The molecule has 3 nitrogen and oxygen atoms in total. The molecule has 0 radical (unpaired) electrons. The highest BCUT2D eigenvalue weighted by molar-refractivity contribution is 5.45. The summed E-state index contributed by atoms with van der Waals surface area (Å²) in [5.41, 5.74) is 2.60. The van der Waals surface area contributed by atoms with Crippen LogP contribution in [-0.2, 0) is 6.54 Å². The van der Waals surface area contributed by atoms with Gasteiger partial charge in [-0.3, -0.25) is 0 Å². The lowest BCUT2D eigenvalue weighted by Gasteiger charge is -2.39. The normalized spacial score (nSPS) is 25.4. The molecule has 0 spiro atoms. The molecule has 2 atom stereocenters. The standard InChI is InChI=1S/C18H29N3/c1-13(2)16-10-14(12-19-3)11-18(20-16)21-9-5-7-15-6-4-8-17(15)21/h10-11,13,15,17,19H,4-9,12H2,1-3H3. The average molecular weight is 287 g/mol. The highest BCUT2D eigenvalue weighted by Gasteiger charge is 2.35. The van der Waals surface area contributed by atoms with E-state index in [-0.39, 0.29) is 0 Å². The number of nitrogens with zero attached hydrogens (tertiary/aromatic N) is 2. The van der Waals surface area contributed by atoms with Crippen LogP contribution in [0.15, 0.2) is 12.1 Å². The summed E-state index contributed by atoms with van der Waals surface area (Å²) < 4.78 is 0. The molecule has 3 rings (SSSR count). The van der Waals surface area contributed by atoms with Gasteiger partial charge >= 0.3 is 0 Å². The predicted molar refractivity (Wildman–Crippen MR) is 88.8 cm³/mol. The summed E-state index contributed by atoms with van der Waals surface area (Å²) in [6.07, 6.45) is 6.94. The fraction of sp³-hybridized carbons (Fsp3) is 0.722. The molecular formula is C18H29N3. The molecule has 3 heteroatoms. The second kappa shape index (κ2) is 6.35. The van der Waals surface area contributed by atoms with E-state index in [9.17, 15) is 0 Å². The van der Waals surface area contributed by atoms with Gasteiger partial charge in [0, 0.05) is 24.8 Å². The SMILES string of the molecule is CNCc1cc(C(C)C)nc(N2CCCC3CCCC32)c1. The van der Waals surface area contributed by atoms with Crippen molar-refractivity contribution in [2.24, 2.45) is 5.92 Å². The predicted octanol–water partition coefficient (Wildman–Crippen LogP) is 3.69. The third-order valence-electron chi connectivity index (χ3n) is 5.15. The summed E-state index contributed by atoms with van der Waals surface area (Å²) in [5.74, 6) is 2.63. The molecule has 116 valence electrons. The second-order valence-corrected chi connectivity index (χ2v) is 7.04.